The molecule has 10 nitrogen and oxygen atoms in total. The molecule has 2 aliphatic heterocycles. The first-order valence-corrected chi connectivity index (χ1v) is 18.8. The number of unbranched alkanes of at least 4 members (excludes halogenated alkanes) is 2. The topological polar surface area (TPSA) is 130 Å². The molecule has 0 spiro atoms. The number of phenols is 1. The summed E-state index contributed by atoms with van der Waals surface area (Å²) in [4.78, 5) is 22.4. The number of aromatic hydroxyl groups is 1. The molecule has 3 aliphatic carbocycles. The Kier molecular flexibility index (Phi) is 12.0. The van der Waals surface area contributed by atoms with Crippen molar-refractivity contribution >= 4 is 11.6 Å². The molecule has 10 heteroatoms. The highest BCUT2D eigenvalue weighted by atomic mass is 16.8. The van der Waals surface area contributed by atoms with Gasteiger partial charge in [-0.2, -0.15) is 0 Å². The summed E-state index contributed by atoms with van der Waals surface area (Å²) < 4.78 is 20.0. The number of fused-ring (bicyclic) bond motifs is 2. The summed E-state index contributed by atoms with van der Waals surface area (Å²) in [5.74, 6) is -0.546. The van der Waals surface area contributed by atoms with Crippen molar-refractivity contribution in [1.29, 1.82) is 0 Å². The third kappa shape index (κ3) is 7.58. The summed E-state index contributed by atoms with van der Waals surface area (Å²) in [6.07, 6.45) is 14.2. The number of ether oxygens (including phenoxy) is 3. The van der Waals surface area contributed by atoms with Crippen LogP contribution in [-0.4, -0.2) is 82.9 Å². The zero-order valence-electron chi connectivity index (χ0n) is 29.1. The Labute approximate surface area is 291 Å². The van der Waals surface area contributed by atoms with Gasteiger partial charge in [0.1, 0.15) is 17.5 Å². The number of oxime groups is 1. The number of aliphatic hydroxyl groups excluding tert-OH is 2. The van der Waals surface area contributed by atoms with Crippen LogP contribution in [0.5, 0.6) is 11.5 Å². The molecule has 1 amide bonds. The Morgan fingerprint density at radius 3 is 2.61 bits per heavy atom. The van der Waals surface area contributed by atoms with Gasteiger partial charge in [-0.15, -0.1) is 6.58 Å². The van der Waals surface area contributed by atoms with E-state index in [1.165, 1.54) is 0 Å². The molecule has 49 heavy (non-hydrogen) atoms. The van der Waals surface area contributed by atoms with Gasteiger partial charge in [-0.3, -0.25) is 4.79 Å². The van der Waals surface area contributed by atoms with Crippen LogP contribution < -0.4 is 4.74 Å². The van der Waals surface area contributed by atoms with E-state index in [4.69, 9.17) is 24.2 Å². The van der Waals surface area contributed by atoms with Crippen molar-refractivity contribution in [3.8, 4) is 11.5 Å². The predicted octanol–water partition coefficient (Wildman–Crippen LogP) is 6.20. The third-order valence-corrected chi connectivity index (χ3v) is 11.1. The van der Waals surface area contributed by atoms with Crippen molar-refractivity contribution in [1.82, 2.24) is 4.90 Å². The number of benzene rings is 1. The molecule has 6 rings (SSSR count). The fraction of sp³-hybridized carbons (Fsp3) is 0.692. The van der Waals surface area contributed by atoms with Crippen LogP contribution in [0.2, 0.25) is 0 Å². The highest BCUT2D eigenvalue weighted by molar-refractivity contribution is 6.03. The van der Waals surface area contributed by atoms with E-state index in [2.05, 4.69) is 19.6 Å². The summed E-state index contributed by atoms with van der Waals surface area (Å²) in [6.45, 7) is 7.77. The SMILES string of the molecule is C=CCO[C@@]12Oc3ccc(O)cc3[C@H]3[C@H](CCCCO)[C@@H](CCCCO)C=C(C(=NOC4CCCCO4)C[C@@H]1N(CCC)C(=O)C1CC1)[C@H]32. The molecule has 2 heterocycles. The van der Waals surface area contributed by atoms with Crippen molar-refractivity contribution in [2.24, 2.45) is 28.8 Å². The summed E-state index contributed by atoms with van der Waals surface area (Å²) in [7, 11) is 0. The number of phenolic OH excluding ortho intramolecular Hbond substituents is 1. The lowest BCUT2D eigenvalue weighted by atomic mass is 9.55. The maximum atomic E-state index is 14.2. The molecule has 0 aromatic heterocycles. The van der Waals surface area contributed by atoms with Crippen LogP contribution in [0.1, 0.15) is 102 Å². The van der Waals surface area contributed by atoms with Gasteiger partial charge in [0.15, 0.2) is 0 Å². The smallest absolute Gasteiger partial charge is 0.239 e. The first-order chi connectivity index (χ1) is 23.9. The van der Waals surface area contributed by atoms with Gasteiger partial charge >= 0.3 is 0 Å². The highest BCUT2D eigenvalue weighted by Gasteiger charge is 2.65. The fourth-order valence-electron chi connectivity index (χ4n) is 8.80. The largest absolute Gasteiger partial charge is 0.508 e. The Hall–Kier alpha value is -2.92. The van der Waals surface area contributed by atoms with E-state index in [0.29, 0.717) is 38.2 Å². The van der Waals surface area contributed by atoms with Gasteiger partial charge in [0.05, 0.1) is 24.8 Å². The zero-order valence-corrected chi connectivity index (χ0v) is 29.1. The molecule has 1 aromatic carbocycles. The van der Waals surface area contributed by atoms with E-state index >= 15 is 0 Å². The average molecular weight is 681 g/mol. The lowest BCUT2D eigenvalue weighted by molar-refractivity contribution is -0.258. The molecule has 270 valence electrons. The van der Waals surface area contributed by atoms with Gasteiger partial charge in [0.25, 0.3) is 0 Å². The second kappa shape index (κ2) is 16.4. The molecule has 0 bridgehead atoms. The summed E-state index contributed by atoms with van der Waals surface area (Å²) in [5.41, 5.74) is 2.70. The van der Waals surface area contributed by atoms with Crippen molar-refractivity contribution in [3.63, 3.8) is 0 Å². The molecule has 1 unspecified atom stereocenters. The van der Waals surface area contributed by atoms with Crippen LogP contribution in [0.3, 0.4) is 0 Å². The predicted molar refractivity (Wildman–Crippen MR) is 186 cm³/mol. The maximum Gasteiger partial charge on any atom is 0.239 e. The molecular formula is C39H56N2O8. The minimum atomic E-state index is -1.25. The standard InChI is InChI=1S/C39H56N2O8/c1-3-18-41(38(45)26-14-15-26)34-25-32(40-49-35-13-7-10-22-46-35)30-23-27(11-5-8-19-42)29(12-6-9-20-43)36-31-24-28(44)16-17-33(31)48-39(34,37(30)36)47-21-4-2/h4,16-17,23-24,26-27,29,34-37,42-44H,2-3,5-15,18-22,25H2,1H3/t27-,29+,34-,35?,36+,37+,39+/m0/s1. The first kappa shape index (κ1) is 35.9. The summed E-state index contributed by atoms with van der Waals surface area (Å²) in [5, 5.41) is 35.2. The van der Waals surface area contributed by atoms with E-state index < -0.39 is 18.1 Å². The number of nitrogens with zero attached hydrogens (tertiary/aromatic N) is 2. The summed E-state index contributed by atoms with van der Waals surface area (Å²) >= 11 is 0. The van der Waals surface area contributed by atoms with Crippen LogP contribution in [0.25, 0.3) is 0 Å². The number of hydrogen-bond acceptors (Lipinski definition) is 9. The van der Waals surface area contributed by atoms with Gasteiger partial charge in [0.2, 0.25) is 18.0 Å². The quantitative estimate of drug-likeness (QED) is 0.101. The van der Waals surface area contributed by atoms with E-state index in [1.807, 2.05) is 17.0 Å². The second-order valence-electron chi connectivity index (χ2n) is 14.5. The number of amides is 1. The molecule has 1 aromatic rings. The molecule has 1 saturated heterocycles. The van der Waals surface area contributed by atoms with Gasteiger partial charge in [-0.1, -0.05) is 37.1 Å². The minimum Gasteiger partial charge on any atom is -0.508 e. The molecular weight excluding hydrogens is 624 g/mol. The number of rotatable bonds is 17. The van der Waals surface area contributed by atoms with Crippen LogP contribution >= 0.6 is 0 Å². The Morgan fingerprint density at radius 2 is 1.92 bits per heavy atom. The summed E-state index contributed by atoms with van der Waals surface area (Å²) in [6, 6.07) is 4.82. The number of carbonyl (C=O) groups is 1. The Bertz CT molecular complexity index is 1350. The third-order valence-electron chi connectivity index (χ3n) is 11.1. The number of hydrogen-bond donors (Lipinski definition) is 3. The highest BCUT2D eigenvalue weighted by Crippen LogP contribution is 2.62. The zero-order chi connectivity index (χ0) is 34.4. The number of allylic oxidation sites excluding steroid dienone is 1. The Balaban J connectivity index is 1.55. The number of aliphatic hydroxyl groups is 2. The van der Waals surface area contributed by atoms with Crippen molar-refractivity contribution < 1.29 is 39.2 Å². The lowest BCUT2D eigenvalue weighted by Crippen LogP contribution is -2.70. The van der Waals surface area contributed by atoms with E-state index in [-0.39, 0.29) is 61.1 Å². The van der Waals surface area contributed by atoms with Crippen molar-refractivity contribution in [2.45, 2.75) is 114 Å². The molecule has 3 fully saturated rings. The van der Waals surface area contributed by atoms with Crippen LogP contribution in [0.15, 0.2) is 47.7 Å². The maximum absolute atomic E-state index is 14.2. The monoisotopic (exact) mass is 680 g/mol. The van der Waals surface area contributed by atoms with Gasteiger partial charge in [-0.05, 0) is 93.4 Å². The fourth-order valence-corrected chi connectivity index (χ4v) is 8.80. The van der Waals surface area contributed by atoms with Gasteiger partial charge < -0.3 is 39.3 Å². The molecule has 7 atom stereocenters. The van der Waals surface area contributed by atoms with Crippen LogP contribution in [0, 0.1) is 23.7 Å². The molecule has 3 N–H and O–H groups in total. The number of carbonyl (C=O) groups excluding carboxylic acids is 1. The van der Waals surface area contributed by atoms with Gasteiger partial charge in [-0.25, -0.2) is 0 Å². The molecule has 2 saturated carbocycles. The minimum absolute atomic E-state index is 0.00401. The second-order valence-corrected chi connectivity index (χ2v) is 14.5. The van der Waals surface area contributed by atoms with Crippen molar-refractivity contribution in [3.05, 3.63) is 48.1 Å². The van der Waals surface area contributed by atoms with Crippen LogP contribution in [0.4, 0.5) is 0 Å². The van der Waals surface area contributed by atoms with E-state index in [1.54, 1.807) is 12.1 Å². The molecule has 0 radical (unpaired) electrons. The Morgan fingerprint density at radius 1 is 1.12 bits per heavy atom. The van der Waals surface area contributed by atoms with Crippen LogP contribution in [-0.2, 0) is 19.1 Å². The van der Waals surface area contributed by atoms with Crippen molar-refractivity contribution in [2.75, 3.05) is 33.0 Å². The lowest BCUT2D eigenvalue weighted by Gasteiger charge is -2.60. The molecule has 5 aliphatic rings. The van der Waals surface area contributed by atoms with Gasteiger partial charge in [0, 0.05) is 50.0 Å². The normalized spacial score (nSPS) is 31.2. The van der Waals surface area contributed by atoms with E-state index in [9.17, 15) is 20.1 Å². The average Bonchev–Trinajstić information content (AvgIpc) is 3.97. The first-order valence-electron chi connectivity index (χ1n) is 18.8. The van der Waals surface area contributed by atoms with E-state index in [0.717, 1.165) is 81.1 Å².